The smallest absolute Gasteiger partial charge is 0.240 e. The predicted octanol–water partition coefficient (Wildman–Crippen LogP) is 1.85. The Bertz CT molecular complexity index is 518. The molecule has 1 aliphatic carbocycles. The van der Waals surface area contributed by atoms with Crippen molar-refractivity contribution < 1.29 is 14.3 Å². The Hall–Kier alpha value is -1.43. The molecule has 128 valence electrons. The second kappa shape index (κ2) is 7.43. The molecule has 3 N–H and O–H groups in total. The van der Waals surface area contributed by atoms with Gasteiger partial charge in [0.05, 0.1) is 19.3 Å². The third-order valence-electron chi connectivity index (χ3n) is 4.88. The van der Waals surface area contributed by atoms with E-state index in [9.17, 15) is 4.79 Å². The maximum Gasteiger partial charge on any atom is 0.240 e. The number of nitrogens with one attached hydrogen (secondary N) is 1. The molecule has 1 fully saturated rings. The zero-order valence-electron chi connectivity index (χ0n) is 14.3. The van der Waals surface area contributed by atoms with Crippen LogP contribution in [0, 0.1) is 5.41 Å². The standard InChI is InChI=1S/C18H28N2O3/c1-4-23-15-12-18(19,17(15,2)3)16(21)20-10-11-22-13-14-8-6-5-7-9-14/h5-9,15H,4,10-13,19H2,1-3H3,(H,20,21). The number of hydrogen-bond donors (Lipinski definition) is 2. The second-order valence-electron chi connectivity index (χ2n) is 6.64. The van der Waals surface area contributed by atoms with Crippen LogP contribution in [0.3, 0.4) is 0 Å². The Labute approximate surface area is 138 Å². The van der Waals surface area contributed by atoms with Crippen molar-refractivity contribution in [3.63, 3.8) is 0 Å². The minimum absolute atomic E-state index is 0.0394. The Morgan fingerprint density at radius 3 is 2.65 bits per heavy atom. The van der Waals surface area contributed by atoms with Gasteiger partial charge < -0.3 is 20.5 Å². The van der Waals surface area contributed by atoms with Gasteiger partial charge in [0.1, 0.15) is 5.54 Å². The molecule has 5 nitrogen and oxygen atoms in total. The van der Waals surface area contributed by atoms with Crippen LogP contribution in [0.1, 0.15) is 32.8 Å². The topological polar surface area (TPSA) is 73.6 Å². The lowest BCUT2D eigenvalue weighted by atomic mass is 9.54. The normalized spacial score (nSPS) is 25.7. The summed E-state index contributed by atoms with van der Waals surface area (Å²) in [5.41, 5.74) is 6.21. The van der Waals surface area contributed by atoms with Crippen LogP contribution in [0.4, 0.5) is 0 Å². The van der Waals surface area contributed by atoms with Crippen molar-refractivity contribution in [3.05, 3.63) is 35.9 Å². The summed E-state index contributed by atoms with van der Waals surface area (Å²) < 4.78 is 11.2. The fraction of sp³-hybridized carbons (Fsp3) is 0.611. The van der Waals surface area contributed by atoms with Crippen LogP contribution in [-0.4, -0.2) is 37.3 Å². The molecule has 2 rings (SSSR count). The Morgan fingerprint density at radius 1 is 1.35 bits per heavy atom. The molecule has 1 aliphatic rings. The molecular formula is C18H28N2O3. The number of benzene rings is 1. The average Bonchev–Trinajstić information content (AvgIpc) is 2.55. The highest BCUT2D eigenvalue weighted by molar-refractivity contribution is 5.88. The summed E-state index contributed by atoms with van der Waals surface area (Å²) in [5, 5.41) is 2.89. The van der Waals surface area contributed by atoms with E-state index in [-0.39, 0.29) is 17.4 Å². The van der Waals surface area contributed by atoms with Gasteiger partial charge in [0.25, 0.3) is 0 Å². The van der Waals surface area contributed by atoms with Crippen molar-refractivity contribution in [3.8, 4) is 0 Å². The first-order valence-corrected chi connectivity index (χ1v) is 8.22. The van der Waals surface area contributed by atoms with E-state index in [0.29, 0.717) is 32.8 Å². The van der Waals surface area contributed by atoms with Gasteiger partial charge in [-0.1, -0.05) is 44.2 Å². The monoisotopic (exact) mass is 320 g/mol. The number of carbonyl (C=O) groups excluding carboxylic acids is 1. The van der Waals surface area contributed by atoms with E-state index in [1.165, 1.54) is 0 Å². The summed E-state index contributed by atoms with van der Waals surface area (Å²) in [4.78, 5) is 12.4. The number of nitrogens with two attached hydrogens (primary N) is 1. The molecule has 0 aromatic heterocycles. The number of amides is 1. The number of rotatable bonds is 8. The largest absolute Gasteiger partial charge is 0.378 e. The fourth-order valence-corrected chi connectivity index (χ4v) is 2.98. The summed E-state index contributed by atoms with van der Waals surface area (Å²) in [6.07, 6.45) is 0.599. The van der Waals surface area contributed by atoms with Crippen LogP contribution in [0.25, 0.3) is 0 Å². The Kier molecular flexibility index (Phi) is 5.79. The van der Waals surface area contributed by atoms with E-state index < -0.39 is 5.54 Å². The van der Waals surface area contributed by atoms with Crippen molar-refractivity contribution in [2.45, 2.75) is 45.4 Å². The van der Waals surface area contributed by atoms with Crippen LogP contribution in [-0.2, 0) is 20.9 Å². The van der Waals surface area contributed by atoms with Gasteiger partial charge in [-0.3, -0.25) is 4.79 Å². The molecular weight excluding hydrogens is 292 g/mol. The highest BCUT2D eigenvalue weighted by atomic mass is 16.5. The van der Waals surface area contributed by atoms with E-state index in [1.54, 1.807) is 0 Å². The Morgan fingerprint density at radius 2 is 2.04 bits per heavy atom. The van der Waals surface area contributed by atoms with Crippen molar-refractivity contribution in [2.75, 3.05) is 19.8 Å². The predicted molar refractivity (Wildman–Crippen MR) is 89.8 cm³/mol. The maximum atomic E-state index is 12.4. The van der Waals surface area contributed by atoms with Gasteiger partial charge in [-0.05, 0) is 12.5 Å². The lowest BCUT2D eigenvalue weighted by Crippen LogP contribution is -2.75. The van der Waals surface area contributed by atoms with Gasteiger partial charge in [-0.15, -0.1) is 0 Å². The van der Waals surface area contributed by atoms with Gasteiger partial charge >= 0.3 is 0 Å². The lowest BCUT2D eigenvalue weighted by Gasteiger charge is -2.57. The quantitative estimate of drug-likeness (QED) is 0.717. The molecule has 0 aliphatic heterocycles. The van der Waals surface area contributed by atoms with Gasteiger partial charge in [0.2, 0.25) is 5.91 Å². The molecule has 1 aromatic carbocycles. The van der Waals surface area contributed by atoms with Crippen molar-refractivity contribution in [2.24, 2.45) is 11.1 Å². The average molecular weight is 320 g/mol. The summed E-state index contributed by atoms with van der Waals surface area (Å²) in [6.45, 7) is 8.04. The summed E-state index contributed by atoms with van der Waals surface area (Å²) in [7, 11) is 0. The van der Waals surface area contributed by atoms with Crippen LogP contribution in [0.15, 0.2) is 30.3 Å². The van der Waals surface area contributed by atoms with Gasteiger partial charge in [0, 0.05) is 25.0 Å². The molecule has 1 amide bonds. The van der Waals surface area contributed by atoms with E-state index in [1.807, 2.05) is 51.1 Å². The van der Waals surface area contributed by atoms with E-state index in [4.69, 9.17) is 15.2 Å². The summed E-state index contributed by atoms with van der Waals surface area (Å²) in [6, 6.07) is 9.95. The molecule has 1 aromatic rings. The highest BCUT2D eigenvalue weighted by Crippen LogP contribution is 2.49. The first kappa shape index (κ1) is 17.9. The Balaban J connectivity index is 1.71. The molecule has 0 saturated heterocycles. The van der Waals surface area contributed by atoms with Crippen molar-refractivity contribution >= 4 is 5.91 Å². The molecule has 0 radical (unpaired) electrons. The van der Waals surface area contributed by atoms with E-state index >= 15 is 0 Å². The zero-order chi connectivity index (χ0) is 16.9. The lowest BCUT2D eigenvalue weighted by molar-refractivity contribution is -0.170. The molecule has 0 heterocycles. The summed E-state index contributed by atoms with van der Waals surface area (Å²) >= 11 is 0. The van der Waals surface area contributed by atoms with Crippen molar-refractivity contribution in [1.82, 2.24) is 5.32 Å². The van der Waals surface area contributed by atoms with Gasteiger partial charge in [-0.25, -0.2) is 0 Å². The zero-order valence-corrected chi connectivity index (χ0v) is 14.3. The molecule has 2 unspecified atom stereocenters. The third-order valence-corrected chi connectivity index (χ3v) is 4.88. The number of ether oxygens (including phenoxy) is 2. The van der Waals surface area contributed by atoms with Crippen molar-refractivity contribution in [1.29, 1.82) is 0 Å². The van der Waals surface area contributed by atoms with Gasteiger partial charge in [-0.2, -0.15) is 0 Å². The third kappa shape index (κ3) is 3.74. The van der Waals surface area contributed by atoms with Gasteiger partial charge in [0.15, 0.2) is 0 Å². The molecule has 23 heavy (non-hydrogen) atoms. The molecule has 1 saturated carbocycles. The molecule has 2 atom stereocenters. The first-order chi connectivity index (χ1) is 10.9. The van der Waals surface area contributed by atoms with Crippen LogP contribution >= 0.6 is 0 Å². The van der Waals surface area contributed by atoms with Crippen LogP contribution < -0.4 is 11.1 Å². The molecule has 0 spiro atoms. The van der Waals surface area contributed by atoms with E-state index in [0.717, 1.165) is 5.56 Å². The SMILES string of the molecule is CCOC1CC(N)(C(=O)NCCOCc2ccccc2)C1(C)C. The number of hydrogen-bond acceptors (Lipinski definition) is 4. The van der Waals surface area contributed by atoms with Crippen LogP contribution in [0.2, 0.25) is 0 Å². The molecule has 5 heteroatoms. The highest BCUT2D eigenvalue weighted by Gasteiger charge is 2.62. The minimum atomic E-state index is -0.869. The molecule has 0 bridgehead atoms. The maximum absolute atomic E-state index is 12.4. The minimum Gasteiger partial charge on any atom is -0.378 e. The van der Waals surface area contributed by atoms with Crippen LogP contribution in [0.5, 0.6) is 0 Å². The number of carbonyl (C=O) groups is 1. The fourth-order valence-electron chi connectivity index (χ4n) is 2.98. The van der Waals surface area contributed by atoms with E-state index in [2.05, 4.69) is 5.32 Å². The summed E-state index contributed by atoms with van der Waals surface area (Å²) in [5.74, 6) is -0.123. The second-order valence-corrected chi connectivity index (χ2v) is 6.64. The first-order valence-electron chi connectivity index (χ1n) is 8.22.